The molecular weight excluding hydrogens is 388 g/mol. The van der Waals surface area contributed by atoms with E-state index in [0.717, 1.165) is 11.3 Å². The molecule has 1 heterocycles. The molecule has 1 aromatic heterocycles. The van der Waals surface area contributed by atoms with Gasteiger partial charge >= 0.3 is 0 Å². The van der Waals surface area contributed by atoms with Crippen molar-refractivity contribution in [2.45, 2.75) is 25.3 Å². The Morgan fingerprint density at radius 2 is 1.72 bits per heavy atom. The Morgan fingerprint density at radius 1 is 1.03 bits per heavy atom. The molecule has 2 aromatic carbocycles. The van der Waals surface area contributed by atoms with Gasteiger partial charge in [0, 0.05) is 37.6 Å². The predicted octanol–water partition coefficient (Wildman–Crippen LogP) is 2.83. The SMILES string of the molecule is CCN(CC)S(=O)(=O)c1ccc(C(=O)NCc2ccccc2-n2cccn2)cc1. The van der Waals surface area contributed by atoms with Gasteiger partial charge in [-0.25, -0.2) is 13.1 Å². The number of carbonyl (C=O) groups excluding carboxylic acids is 1. The number of para-hydroxylation sites is 1. The highest BCUT2D eigenvalue weighted by atomic mass is 32.2. The molecule has 0 atom stereocenters. The van der Waals surface area contributed by atoms with Crippen molar-refractivity contribution in [2.75, 3.05) is 13.1 Å². The van der Waals surface area contributed by atoms with E-state index in [0.29, 0.717) is 25.2 Å². The van der Waals surface area contributed by atoms with Crippen LogP contribution in [0.5, 0.6) is 0 Å². The summed E-state index contributed by atoms with van der Waals surface area (Å²) in [7, 11) is -3.54. The molecule has 152 valence electrons. The highest BCUT2D eigenvalue weighted by Crippen LogP contribution is 2.17. The molecular formula is C21H24N4O3S. The Labute approximate surface area is 171 Å². The molecule has 0 aliphatic rings. The lowest BCUT2D eigenvalue weighted by molar-refractivity contribution is 0.0951. The van der Waals surface area contributed by atoms with Gasteiger partial charge in [0.05, 0.1) is 10.6 Å². The molecule has 0 spiro atoms. The number of nitrogens with one attached hydrogen (secondary N) is 1. The number of benzene rings is 2. The highest BCUT2D eigenvalue weighted by Gasteiger charge is 2.21. The molecule has 1 amide bonds. The normalized spacial score (nSPS) is 11.6. The molecule has 0 fully saturated rings. The van der Waals surface area contributed by atoms with Crippen molar-refractivity contribution in [1.29, 1.82) is 0 Å². The smallest absolute Gasteiger partial charge is 0.251 e. The van der Waals surface area contributed by atoms with E-state index < -0.39 is 10.0 Å². The summed E-state index contributed by atoms with van der Waals surface area (Å²) in [5.41, 5.74) is 2.21. The van der Waals surface area contributed by atoms with Gasteiger partial charge in [-0.1, -0.05) is 32.0 Å². The minimum Gasteiger partial charge on any atom is -0.348 e. The van der Waals surface area contributed by atoms with Gasteiger partial charge in [-0.15, -0.1) is 0 Å². The van der Waals surface area contributed by atoms with Crippen molar-refractivity contribution in [3.63, 3.8) is 0 Å². The summed E-state index contributed by atoms with van der Waals surface area (Å²) < 4.78 is 28.2. The molecule has 8 heteroatoms. The third kappa shape index (κ3) is 4.55. The molecule has 29 heavy (non-hydrogen) atoms. The van der Waals surface area contributed by atoms with Crippen LogP contribution in [0, 0.1) is 0 Å². The van der Waals surface area contributed by atoms with E-state index in [1.165, 1.54) is 28.6 Å². The fraction of sp³-hybridized carbons (Fsp3) is 0.238. The Hall–Kier alpha value is -2.97. The van der Waals surface area contributed by atoms with E-state index in [4.69, 9.17) is 0 Å². The first-order valence-corrected chi connectivity index (χ1v) is 10.9. The van der Waals surface area contributed by atoms with Crippen LogP contribution >= 0.6 is 0 Å². The molecule has 1 N–H and O–H groups in total. The standard InChI is InChI=1S/C21H24N4O3S/c1-3-24(4-2)29(27,28)19-12-10-17(11-13-19)21(26)22-16-18-8-5-6-9-20(18)25-15-7-14-23-25/h5-15H,3-4,16H2,1-2H3,(H,22,26). The monoisotopic (exact) mass is 412 g/mol. The van der Waals surface area contributed by atoms with Crippen molar-refractivity contribution >= 4 is 15.9 Å². The maximum absolute atomic E-state index is 12.6. The number of hydrogen-bond donors (Lipinski definition) is 1. The molecule has 0 unspecified atom stereocenters. The first-order chi connectivity index (χ1) is 14.0. The molecule has 0 radical (unpaired) electrons. The average Bonchev–Trinajstić information content (AvgIpc) is 3.28. The molecule has 0 bridgehead atoms. The molecule has 0 saturated carbocycles. The molecule has 0 aliphatic heterocycles. The van der Waals surface area contributed by atoms with Crippen molar-refractivity contribution in [2.24, 2.45) is 0 Å². The van der Waals surface area contributed by atoms with E-state index in [9.17, 15) is 13.2 Å². The Kier molecular flexibility index (Phi) is 6.46. The fourth-order valence-corrected chi connectivity index (χ4v) is 4.52. The second-order valence-corrected chi connectivity index (χ2v) is 8.31. The first-order valence-electron chi connectivity index (χ1n) is 9.43. The summed E-state index contributed by atoms with van der Waals surface area (Å²) in [6.07, 6.45) is 3.54. The Morgan fingerprint density at radius 3 is 2.34 bits per heavy atom. The average molecular weight is 413 g/mol. The third-order valence-corrected chi connectivity index (χ3v) is 6.71. The quantitative estimate of drug-likeness (QED) is 0.617. The zero-order valence-corrected chi connectivity index (χ0v) is 17.3. The van der Waals surface area contributed by atoms with Gasteiger partial charge in [-0.3, -0.25) is 4.79 Å². The first kappa shape index (κ1) is 20.8. The molecule has 3 rings (SSSR count). The number of rotatable bonds is 8. The van der Waals surface area contributed by atoms with Crippen LogP contribution in [-0.2, 0) is 16.6 Å². The zero-order chi connectivity index (χ0) is 20.9. The molecule has 0 aliphatic carbocycles. The van der Waals surface area contributed by atoms with Crippen LogP contribution in [0.2, 0.25) is 0 Å². The summed E-state index contributed by atoms with van der Waals surface area (Å²) in [5.74, 6) is -0.271. The second-order valence-electron chi connectivity index (χ2n) is 6.38. The van der Waals surface area contributed by atoms with Crippen LogP contribution in [0.1, 0.15) is 29.8 Å². The number of aromatic nitrogens is 2. The van der Waals surface area contributed by atoms with E-state index in [-0.39, 0.29) is 10.8 Å². The van der Waals surface area contributed by atoms with Crippen molar-refractivity contribution in [3.8, 4) is 5.69 Å². The molecule has 0 saturated heterocycles. The number of amides is 1. The van der Waals surface area contributed by atoms with Gasteiger partial charge in [0.25, 0.3) is 5.91 Å². The summed E-state index contributed by atoms with van der Waals surface area (Å²) in [4.78, 5) is 12.7. The van der Waals surface area contributed by atoms with Crippen molar-refractivity contribution in [1.82, 2.24) is 19.4 Å². The van der Waals surface area contributed by atoms with E-state index >= 15 is 0 Å². The lowest BCUT2D eigenvalue weighted by Gasteiger charge is -2.18. The predicted molar refractivity (Wildman–Crippen MR) is 111 cm³/mol. The summed E-state index contributed by atoms with van der Waals surface area (Å²) in [6.45, 7) is 4.72. The molecule has 3 aromatic rings. The number of sulfonamides is 1. The topological polar surface area (TPSA) is 84.3 Å². The van der Waals surface area contributed by atoms with Crippen LogP contribution in [0.15, 0.2) is 71.9 Å². The van der Waals surface area contributed by atoms with Crippen LogP contribution < -0.4 is 5.32 Å². The van der Waals surface area contributed by atoms with Gasteiger partial charge in [0.1, 0.15) is 0 Å². The van der Waals surface area contributed by atoms with Gasteiger partial charge in [0.2, 0.25) is 10.0 Å². The van der Waals surface area contributed by atoms with Gasteiger partial charge in [0.15, 0.2) is 0 Å². The maximum Gasteiger partial charge on any atom is 0.251 e. The number of nitrogens with zero attached hydrogens (tertiary/aromatic N) is 3. The number of carbonyl (C=O) groups is 1. The Balaban J connectivity index is 1.72. The van der Waals surface area contributed by atoms with Gasteiger partial charge < -0.3 is 5.32 Å². The maximum atomic E-state index is 12.6. The van der Waals surface area contributed by atoms with Crippen molar-refractivity contribution < 1.29 is 13.2 Å². The Bertz CT molecular complexity index is 1060. The third-order valence-electron chi connectivity index (χ3n) is 4.64. The minimum atomic E-state index is -3.54. The van der Waals surface area contributed by atoms with E-state index in [2.05, 4.69) is 10.4 Å². The zero-order valence-electron chi connectivity index (χ0n) is 16.4. The lowest BCUT2D eigenvalue weighted by atomic mass is 10.1. The van der Waals surface area contributed by atoms with Crippen LogP contribution in [0.4, 0.5) is 0 Å². The lowest BCUT2D eigenvalue weighted by Crippen LogP contribution is -2.30. The van der Waals surface area contributed by atoms with Crippen LogP contribution in [0.25, 0.3) is 5.69 Å². The van der Waals surface area contributed by atoms with Crippen LogP contribution in [0.3, 0.4) is 0 Å². The minimum absolute atomic E-state index is 0.182. The highest BCUT2D eigenvalue weighted by molar-refractivity contribution is 7.89. The van der Waals surface area contributed by atoms with E-state index in [1.54, 1.807) is 24.7 Å². The largest absolute Gasteiger partial charge is 0.348 e. The van der Waals surface area contributed by atoms with Gasteiger partial charge in [-0.2, -0.15) is 9.40 Å². The van der Waals surface area contributed by atoms with Crippen LogP contribution in [-0.4, -0.2) is 41.5 Å². The summed E-state index contributed by atoms with van der Waals surface area (Å²) in [5, 5.41) is 7.12. The summed E-state index contributed by atoms with van der Waals surface area (Å²) in [6, 6.07) is 15.5. The van der Waals surface area contributed by atoms with Crippen molar-refractivity contribution in [3.05, 3.63) is 78.1 Å². The number of hydrogen-bond acceptors (Lipinski definition) is 4. The van der Waals surface area contributed by atoms with Gasteiger partial charge in [-0.05, 0) is 42.0 Å². The van der Waals surface area contributed by atoms with E-state index in [1.807, 2.05) is 36.5 Å². The summed E-state index contributed by atoms with van der Waals surface area (Å²) >= 11 is 0. The second kappa shape index (κ2) is 9.02. The molecule has 7 nitrogen and oxygen atoms in total. The fourth-order valence-electron chi connectivity index (χ4n) is 3.06.